The summed E-state index contributed by atoms with van der Waals surface area (Å²) < 4.78 is 17.0. The minimum atomic E-state index is -1.49. The third-order valence-electron chi connectivity index (χ3n) is 1.27. The van der Waals surface area contributed by atoms with Crippen molar-refractivity contribution in [2.45, 2.75) is 11.6 Å². The molecule has 0 saturated heterocycles. The molecule has 0 bridgehead atoms. The quantitative estimate of drug-likeness (QED) is 0.698. The van der Waals surface area contributed by atoms with Gasteiger partial charge in [-0.15, -0.1) is 0 Å². The summed E-state index contributed by atoms with van der Waals surface area (Å²) in [5.74, 6) is 0. The summed E-state index contributed by atoms with van der Waals surface area (Å²) in [6.07, 6.45) is 1.64. The lowest BCUT2D eigenvalue weighted by Gasteiger charge is -1.95. The zero-order valence-corrected chi connectivity index (χ0v) is 7.45. The first-order valence-corrected chi connectivity index (χ1v) is 4.46. The van der Waals surface area contributed by atoms with Gasteiger partial charge in [-0.1, -0.05) is 0 Å². The Kier molecular flexibility index (Phi) is 3.39. The normalized spacial score (nSPS) is 13.2. The summed E-state index contributed by atoms with van der Waals surface area (Å²) in [4.78, 5) is 0. The van der Waals surface area contributed by atoms with Crippen molar-refractivity contribution >= 4 is 11.1 Å². The predicted molar refractivity (Wildman–Crippen MR) is 42.7 cm³/mol. The van der Waals surface area contributed by atoms with Crippen LogP contribution in [0.1, 0.15) is 0 Å². The molecule has 0 aliphatic rings. The molecule has 1 N–H and O–H groups in total. The van der Waals surface area contributed by atoms with Gasteiger partial charge in [0.2, 0.25) is 11.1 Å². The first-order valence-electron chi connectivity index (χ1n) is 3.38. The summed E-state index contributed by atoms with van der Waals surface area (Å²) in [7, 11) is 1.35. The molecule has 0 radical (unpaired) electrons. The Balaban J connectivity index is 2.70. The Bertz CT molecular complexity index is 274. The Hall–Kier alpha value is -0.720. The lowest BCUT2D eigenvalue weighted by molar-refractivity contribution is 0.268. The van der Waals surface area contributed by atoms with Crippen LogP contribution in [0.3, 0.4) is 0 Å². The standard InChI is InChI=1S/C6H10N2O3S/c1-11-12(10)6-2-3-8(7-6)4-5-9/h2-3,9H,4-5H2,1H3. The zero-order chi connectivity index (χ0) is 8.97. The molecule has 68 valence electrons. The van der Waals surface area contributed by atoms with E-state index in [1.807, 2.05) is 0 Å². The third kappa shape index (κ3) is 2.13. The van der Waals surface area contributed by atoms with E-state index in [1.165, 1.54) is 11.8 Å². The fourth-order valence-electron chi connectivity index (χ4n) is 0.744. The molecular weight excluding hydrogens is 180 g/mol. The third-order valence-corrected chi connectivity index (χ3v) is 2.13. The van der Waals surface area contributed by atoms with Gasteiger partial charge in [0.05, 0.1) is 20.3 Å². The van der Waals surface area contributed by atoms with Crippen LogP contribution in [0.4, 0.5) is 0 Å². The number of aromatic nitrogens is 2. The number of aliphatic hydroxyl groups excluding tert-OH is 1. The lowest BCUT2D eigenvalue weighted by atomic mass is 10.7. The van der Waals surface area contributed by atoms with Gasteiger partial charge in [0, 0.05) is 6.20 Å². The molecule has 12 heavy (non-hydrogen) atoms. The maximum absolute atomic E-state index is 11.0. The number of nitrogens with zero attached hydrogens (tertiary/aromatic N) is 2. The molecule has 0 aliphatic carbocycles. The van der Waals surface area contributed by atoms with Crippen LogP contribution in [0.2, 0.25) is 0 Å². The van der Waals surface area contributed by atoms with E-state index >= 15 is 0 Å². The second kappa shape index (κ2) is 4.34. The van der Waals surface area contributed by atoms with Crippen molar-refractivity contribution in [2.24, 2.45) is 0 Å². The zero-order valence-electron chi connectivity index (χ0n) is 6.64. The van der Waals surface area contributed by atoms with Crippen molar-refractivity contribution in [3.63, 3.8) is 0 Å². The van der Waals surface area contributed by atoms with E-state index in [2.05, 4.69) is 9.28 Å². The molecule has 0 spiro atoms. The van der Waals surface area contributed by atoms with Crippen LogP contribution >= 0.6 is 0 Å². The summed E-state index contributed by atoms with van der Waals surface area (Å²) in [6.45, 7) is 0.418. The van der Waals surface area contributed by atoms with Crippen LogP contribution < -0.4 is 0 Å². The van der Waals surface area contributed by atoms with Crippen molar-refractivity contribution in [1.82, 2.24) is 9.78 Å². The fraction of sp³-hybridized carbons (Fsp3) is 0.500. The number of rotatable bonds is 4. The van der Waals surface area contributed by atoms with Crippen LogP contribution in [-0.2, 0) is 21.8 Å². The number of hydrogen-bond acceptors (Lipinski definition) is 4. The van der Waals surface area contributed by atoms with Gasteiger partial charge in [0.25, 0.3) is 0 Å². The minimum absolute atomic E-state index is 0.0146. The molecular formula is C6H10N2O3S. The first-order chi connectivity index (χ1) is 5.77. The lowest BCUT2D eigenvalue weighted by Crippen LogP contribution is -2.03. The molecule has 1 rings (SSSR count). The van der Waals surface area contributed by atoms with E-state index in [1.54, 1.807) is 12.3 Å². The van der Waals surface area contributed by atoms with Gasteiger partial charge in [0.15, 0.2) is 5.03 Å². The second-order valence-electron chi connectivity index (χ2n) is 2.04. The number of hydrogen-bond donors (Lipinski definition) is 1. The fourth-order valence-corrected chi connectivity index (χ4v) is 1.26. The van der Waals surface area contributed by atoms with Crippen LogP contribution in [0.25, 0.3) is 0 Å². The molecule has 0 fully saturated rings. The Morgan fingerprint density at radius 2 is 2.58 bits per heavy atom. The summed E-state index contributed by atoms with van der Waals surface area (Å²) in [5, 5.41) is 12.8. The van der Waals surface area contributed by atoms with Gasteiger partial charge in [0.1, 0.15) is 0 Å². The van der Waals surface area contributed by atoms with Gasteiger partial charge in [-0.05, 0) is 6.07 Å². The van der Waals surface area contributed by atoms with Crippen LogP contribution in [0.5, 0.6) is 0 Å². The van der Waals surface area contributed by atoms with Crippen LogP contribution in [0.15, 0.2) is 17.3 Å². The Morgan fingerprint density at radius 1 is 1.83 bits per heavy atom. The monoisotopic (exact) mass is 190 g/mol. The molecule has 1 atom stereocenters. The highest BCUT2D eigenvalue weighted by Crippen LogP contribution is 2.02. The Morgan fingerprint density at radius 3 is 3.17 bits per heavy atom. The largest absolute Gasteiger partial charge is 0.394 e. The Labute approximate surface area is 72.6 Å². The van der Waals surface area contributed by atoms with Crippen molar-refractivity contribution < 1.29 is 13.5 Å². The van der Waals surface area contributed by atoms with Gasteiger partial charge in [-0.2, -0.15) is 5.10 Å². The SMILES string of the molecule is COS(=O)c1ccn(CCO)n1. The highest BCUT2D eigenvalue weighted by atomic mass is 32.2. The van der Waals surface area contributed by atoms with Gasteiger partial charge < -0.3 is 5.11 Å². The van der Waals surface area contributed by atoms with Crippen LogP contribution in [0, 0.1) is 0 Å². The molecule has 6 heteroatoms. The molecule has 1 unspecified atom stereocenters. The van der Waals surface area contributed by atoms with E-state index in [0.29, 0.717) is 11.6 Å². The van der Waals surface area contributed by atoms with Gasteiger partial charge in [-0.3, -0.25) is 8.86 Å². The minimum Gasteiger partial charge on any atom is -0.394 e. The molecule has 1 aromatic rings. The van der Waals surface area contributed by atoms with Crippen molar-refractivity contribution in [3.8, 4) is 0 Å². The topological polar surface area (TPSA) is 64.3 Å². The molecule has 0 aliphatic heterocycles. The maximum Gasteiger partial charge on any atom is 0.209 e. The highest BCUT2D eigenvalue weighted by Gasteiger charge is 2.05. The summed E-state index contributed by atoms with van der Waals surface area (Å²) >= 11 is -1.49. The van der Waals surface area contributed by atoms with Gasteiger partial charge in [-0.25, -0.2) is 4.21 Å². The summed E-state index contributed by atoms with van der Waals surface area (Å²) in [5.41, 5.74) is 0. The molecule has 0 amide bonds. The van der Waals surface area contributed by atoms with E-state index in [9.17, 15) is 4.21 Å². The van der Waals surface area contributed by atoms with Crippen molar-refractivity contribution in [1.29, 1.82) is 0 Å². The van der Waals surface area contributed by atoms with E-state index in [0.717, 1.165) is 0 Å². The average molecular weight is 190 g/mol. The van der Waals surface area contributed by atoms with E-state index in [-0.39, 0.29) is 6.61 Å². The predicted octanol–water partition coefficient (Wildman–Crippen LogP) is -0.456. The number of aliphatic hydroxyl groups is 1. The van der Waals surface area contributed by atoms with Crippen molar-refractivity contribution in [3.05, 3.63) is 12.3 Å². The molecule has 0 saturated carbocycles. The maximum atomic E-state index is 11.0. The smallest absolute Gasteiger partial charge is 0.209 e. The summed E-state index contributed by atoms with van der Waals surface area (Å²) in [6, 6.07) is 1.59. The molecule has 5 nitrogen and oxygen atoms in total. The highest BCUT2D eigenvalue weighted by molar-refractivity contribution is 7.80. The molecule has 1 heterocycles. The van der Waals surface area contributed by atoms with Crippen molar-refractivity contribution in [2.75, 3.05) is 13.7 Å². The van der Waals surface area contributed by atoms with E-state index in [4.69, 9.17) is 5.11 Å². The molecule has 1 aromatic heterocycles. The molecule has 0 aromatic carbocycles. The van der Waals surface area contributed by atoms with Crippen LogP contribution in [-0.4, -0.2) is 32.8 Å². The second-order valence-corrected chi connectivity index (χ2v) is 3.26. The average Bonchev–Trinajstić information content (AvgIpc) is 2.52. The first kappa shape index (κ1) is 9.37. The van der Waals surface area contributed by atoms with Gasteiger partial charge >= 0.3 is 0 Å². The van der Waals surface area contributed by atoms with E-state index < -0.39 is 11.1 Å².